The Morgan fingerprint density at radius 2 is 1.93 bits per heavy atom. The quantitative estimate of drug-likeness (QED) is 0.777. The molecule has 0 spiro atoms. The molecule has 2 aromatic carbocycles. The van der Waals surface area contributed by atoms with E-state index in [-0.39, 0.29) is 23.4 Å². The number of hydrogen-bond donors (Lipinski definition) is 1. The molecule has 1 aliphatic carbocycles. The lowest BCUT2D eigenvalue weighted by molar-refractivity contribution is 0.0715. The lowest BCUT2D eigenvalue weighted by Crippen LogP contribution is -2.33. The molecule has 0 aliphatic heterocycles. The highest BCUT2D eigenvalue weighted by Gasteiger charge is 2.27. The molecule has 1 N–H and O–H groups in total. The first-order valence-corrected chi connectivity index (χ1v) is 10.5. The van der Waals surface area contributed by atoms with Gasteiger partial charge in [-0.3, -0.25) is 4.79 Å². The fraction of sp³-hybridized carbons (Fsp3) is 0.286. The molecule has 5 nitrogen and oxygen atoms in total. The third kappa shape index (κ3) is 4.12. The van der Waals surface area contributed by atoms with Gasteiger partial charge in [-0.25, -0.2) is 13.1 Å². The van der Waals surface area contributed by atoms with Crippen LogP contribution >= 0.6 is 0 Å². The number of aryl methyl sites for hydroxylation is 1. The van der Waals surface area contributed by atoms with Crippen LogP contribution in [0.25, 0.3) is 0 Å². The van der Waals surface area contributed by atoms with Gasteiger partial charge in [0, 0.05) is 19.2 Å². The van der Waals surface area contributed by atoms with Gasteiger partial charge >= 0.3 is 0 Å². The largest absolute Gasteiger partial charge is 0.335 e. The van der Waals surface area contributed by atoms with Gasteiger partial charge in [0.1, 0.15) is 0 Å². The number of hydrogen-bond acceptors (Lipinski definition) is 3. The third-order valence-electron chi connectivity index (χ3n) is 4.95. The summed E-state index contributed by atoms with van der Waals surface area (Å²) in [5.41, 5.74) is 2.97. The van der Waals surface area contributed by atoms with Gasteiger partial charge in [-0.05, 0) is 54.7 Å². The Morgan fingerprint density at radius 1 is 1.22 bits per heavy atom. The highest BCUT2D eigenvalue weighted by atomic mass is 32.2. The monoisotopic (exact) mass is 384 g/mol. The third-order valence-corrected chi connectivity index (χ3v) is 6.39. The van der Waals surface area contributed by atoms with Crippen LogP contribution in [0.1, 0.15) is 40.4 Å². The molecule has 0 radical (unpaired) electrons. The van der Waals surface area contributed by atoms with Gasteiger partial charge in [-0.1, -0.05) is 30.3 Å². The van der Waals surface area contributed by atoms with Crippen LogP contribution in [-0.4, -0.2) is 32.8 Å². The lowest BCUT2D eigenvalue weighted by Gasteiger charge is -2.33. The standard InChI is InChI=1S/C21H24N2O3S/c1-3-15-22-27(25,26)18-13-11-17(12-14-18)21(24)23(2)20-10-6-8-16-7-4-5-9-19(16)20/h3-5,7,9,11-14,20,22H,1,6,8,10,15H2,2H3. The molecular weight excluding hydrogens is 360 g/mol. The minimum atomic E-state index is -3.59. The van der Waals surface area contributed by atoms with E-state index in [9.17, 15) is 13.2 Å². The van der Waals surface area contributed by atoms with Crippen molar-refractivity contribution in [2.24, 2.45) is 0 Å². The SMILES string of the molecule is C=CCNS(=O)(=O)c1ccc(C(=O)N(C)C2CCCc3ccccc32)cc1. The molecule has 1 amide bonds. The van der Waals surface area contributed by atoms with Crippen LogP contribution < -0.4 is 4.72 Å². The maximum Gasteiger partial charge on any atom is 0.254 e. The molecule has 2 aromatic rings. The Kier molecular flexibility index (Phi) is 5.77. The number of rotatable bonds is 6. The van der Waals surface area contributed by atoms with Crippen molar-refractivity contribution in [3.8, 4) is 0 Å². The van der Waals surface area contributed by atoms with Gasteiger partial charge in [-0.2, -0.15) is 0 Å². The Labute approximate surface area is 160 Å². The summed E-state index contributed by atoms with van der Waals surface area (Å²) < 4.78 is 26.7. The van der Waals surface area contributed by atoms with Crippen LogP contribution in [0, 0.1) is 0 Å². The predicted molar refractivity (Wildman–Crippen MR) is 106 cm³/mol. The summed E-state index contributed by atoms with van der Waals surface area (Å²) in [6.07, 6.45) is 4.49. The molecule has 6 heteroatoms. The Bertz CT molecular complexity index is 936. The summed E-state index contributed by atoms with van der Waals surface area (Å²) >= 11 is 0. The van der Waals surface area contributed by atoms with Gasteiger partial charge in [-0.15, -0.1) is 6.58 Å². The fourth-order valence-electron chi connectivity index (χ4n) is 3.50. The van der Waals surface area contributed by atoms with Crippen molar-refractivity contribution in [1.29, 1.82) is 0 Å². The average Bonchev–Trinajstić information content (AvgIpc) is 2.71. The smallest absolute Gasteiger partial charge is 0.254 e. The van der Waals surface area contributed by atoms with E-state index in [0.717, 1.165) is 19.3 Å². The van der Waals surface area contributed by atoms with Crippen LogP contribution in [0.5, 0.6) is 0 Å². The van der Waals surface area contributed by atoms with Crippen molar-refractivity contribution in [1.82, 2.24) is 9.62 Å². The van der Waals surface area contributed by atoms with E-state index in [1.54, 1.807) is 17.0 Å². The molecule has 1 unspecified atom stereocenters. The maximum atomic E-state index is 12.9. The van der Waals surface area contributed by atoms with Crippen LogP contribution in [0.4, 0.5) is 0 Å². The highest BCUT2D eigenvalue weighted by molar-refractivity contribution is 7.89. The zero-order valence-electron chi connectivity index (χ0n) is 15.4. The van der Waals surface area contributed by atoms with E-state index in [1.807, 2.05) is 19.2 Å². The first-order chi connectivity index (χ1) is 12.9. The Balaban J connectivity index is 1.79. The average molecular weight is 385 g/mol. The molecule has 3 rings (SSSR count). The minimum Gasteiger partial charge on any atom is -0.335 e. The zero-order chi connectivity index (χ0) is 19.4. The van der Waals surface area contributed by atoms with Crippen molar-refractivity contribution in [2.75, 3.05) is 13.6 Å². The second kappa shape index (κ2) is 8.06. The second-order valence-corrected chi connectivity index (χ2v) is 8.45. The van der Waals surface area contributed by atoms with Crippen molar-refractivity contribution in [3.63, 3.8) is 0 Å². The molecule has 1 atom stereocenters. The van der Waals surface area contributed by atoms with Crippen molar-refractivity contribution in [2.45, 2.75) is 30.2 Å². The topological polar surface area (TPSA) is 66.5 Å². The summed E-state index contributed by atoms with van der Waals surface area (Å²) in [4.78, 5) is 14.8. The van der Waals surface area contributed by atoms with E-state index in [2.05, 4.69) is 23.4 Å². The number of carbonyl (C=O) groups excluding carboxylic acids is 1. The van der Waals surface area contributed by atoms with Gasteiger partial charge in [0.05, 0.1) is 10.9 Å². The number of fused-ring (bicyclic) bond motifs is 1. The van der Waals surface area contributed by atoms with E-state index in [4.69, 9.17) is 0 Å². The van der Waals surface area contributed by atoms with Crippen LogP contribution in [0.2, 0.25) is 0 Å². The number of nitrogens with one attached hydrogen (secondary N) is 1. The molecule has 27 heavy (non-hydrogen) atoms. The summed E-state index contributed by atoms with van der Waals surface area (Å²) in [6.45, 7) is 3.66. The fourth-order valence-corrected chi connectivity index (χ4v) is 4.50. The normalized spacial score (nSPS) is 16.4. The number of amides is 1. The lowest BCUT2D eigenvalue weighted by atomic mass is 9.87. The van der Waals surface area contributed by atoms with Gasteiger partial charge in [0.2, 0.25) is 10.0 Å². The summed E-state index contributed by atoms with van der Waals surface area (Å²) in [7, 11) is -1.78. The van der Waals surface area contributed by atoms with E-state index in [1.165, 1.54) is 29.3 Å². The van der Waals surface area contributed by atoms with Crippen molar-refractivity contribution in [3.05, 3.63) is 77.9 Å². The van der Waals surface area contributed by atoms with E-state index in [0.29, 0.717) is 5.56 Å². The molecule has 0 fully saturated rings. The second-order valence-electron chi connectivity index (χ2n) is 6.69. The number of benzene rings is 2. The molecule has 142 valence electrons. The van der Waals surface area contributed by atoms with Crippen LogP contribution in [0.3, 0.4) is 0 Å². The molecule has 0 bridgehead atoms. The van der Waals surface area contributed by atoms with Gasteiger partial charge in [0.25, 0.3) is 5.91 Å². The van der Waals surface area contributed by atoms with Gasteiger partial charge < -0.3 is 4.90 Å². The Morgan fingerprint density at radius 3 is 2.63 bits per heavy atom. The number of carbonyl (C=O) groups is 1. The molecule has 0 saturated heterocycles. The zero-order valence-corrected chi connectivity index (χ0v) is 16.2. The summed E-state index contributed by atoms with van der Waals surface area (Å²) in [5.74, 6) is -0.111. The van der Waals surface area contributed by atoms with Crippen LogP contribution in [-0.2, 0) is 16.4 Å². The van der Waals surface area contributed by atoms with Crippen LogP contribution in [0.15, 0.2) is 66.1 Å². The van der Waals surface area contributed by atoms with E-state index >= 15 is 0 Å². The molecule has 0 aromatic heterocycles. The van der Waals surface area contributed by atoms with E-state index < -0.39 is 10.0 Å². The maximum absolute atomic E-state index is 12.9. The van der Waals surface area contributed by atoms with Crippen molar-refractivity contribution < 1.29 is 13.2 Å². The number of sulfonamides is 1. The van der Waals surface area contributed by atoms with Crippen molar-refractivity contribution >= 4 is 15.9 Å². The molecular formula is C21H24N2O3S. The van der Waals surface area contributed by atoms with Gasteiger partial charge in [0.15, 0.2) is 0 Å². The minimum absolute atomic E-state index is 0.0418. The molecule has 0 heterocycles. The Hall–Kier alpha value is -2.44. The predicted octanol–water partition coefficient (Wildman–Crippen LogP) is 3.30. The molecule has 1 aliphatic rings. The highest BCUT2D eigenvalue weighted by Crippen LogP contribution is 2.34. The number of nitrogens with zero attached hydrogens (tertiary/aromatic N) is 1. The first kappa shape index (κ1) is 19.3. The summed E-state index contributed by atoms with van der Waals surface area (Å²) in [6, 6.07) is 14.3. The molecule has 0 saturated carbocycles. The first-order valence-electron chi connectivity index (χ1n) is 8.99. The summed E-state index contributed by atoms with van der Waals surface area (Å²) in [5, 5.41) is 0.